The van der Waals surface area contributed by atoms with Gasteiger partial charge in [-0.3, -0.25) is 0 Å². The summed E-state index contributed by atoms with van der Waals surface area (Å²) in [6, 6.07) is 17.6. The average molecular weight is 397 g/mol. The van der Waals surface area contributed by atoms with Crippen LogP contribution in [0.2, 0.25) is 5.02 Å². The number of carbonyl (C=O) groups excluding carboxylic acids is 1. The van der Waals surface area contributed by atoms with Gasteiger partial charge in [-0.15, -0.1) is 0 Å². The van der Waals surface area contributed by atoms with Crippen LogP contribution in [0.3, 0.4) is 0 Å². The van der Waals surface area contributed by atoms with E-state index in [2.05, 4.69) is 17.3 Å². The highest BCUT2D eigenvalue weighted by atomic mass is 35.5. The van der Waals surface area contributed by atoms with Gasteiger partial charge in [0, 0.05) is 17.8 Å². The highest BCUT2D eigenvalue weighted by Gasteiger charge is 2.43. The van der Waals surface area contributed by atoms with Gasteiger partial charge in [-0.1, -0.05) is 59.2 Å². The average Bonchev–Trinajstić information content (AvgIpc) is 3.14. The Labute approximate surface area is 169 Å². The first-order chi connectivity index (χ1) is 13.7. The zero-order valence-corrected chi connectivity index (χ0v) is 16.3. The lowest BCUT2D eigenvalue weighted by Gasteiger charge is -2.35. The summed E-state index contributed by atoms with van der Waals surface area (Å²) in [6.07, 6.45) is 2.12. The number of carbonyl (C=O) groups is 1. The fourth-order valence-electron chi connectivity index (χ4n) is 3.62. The smallest absolute Gasteiger partial charge is 0.335 e. The van der Waals surface area contributed by atoms with Crippen molar-refractivity contribution in [2.24, 2.45) is 11.1 Å². The number of fused-ring (bicyclic) bond motifs is 1. The van der Waals surface area contributed by atoms with Crippen LogP contribution < -0.4 is 0 Å². The van der Waals surface area contributed by atoms with Crippen molar-refractivity contribution in [3.63, 3.8) is 0 Å². The molecule has 0 saturated heterocycles. The molecule has 2 heterocycles. The molecule has 2 atom stereocenters. The molecule has 4 rings (SSSR count). The fourth-order valence-corrected chi connectivity index (χ4v) is 3.74. The molecule has 2 aromatic rings. The van der Waals surface area contributed by atoms with Crippen molar-refractivity contribution < 1.29 is 14.4 Å². The van der Waals surface area contributed by atoms with E-state index in [0.717, 1.165) is 16.8 Å². The number of oxime groups is 1. The number of rotatable bonds is 5. The molecule has 2 aliphatic rings. The van der Waals surface area contributed by atoms with E-state index in [1.54, 1.807) is 0 Å². The zero-order chi connectivity index (χ0) is 19.5. The minimum absolute atomic E-state index is 0.0608. The maximum absolute atomic E-state index is 12.5. The summed E-state index contributed by atoms with van der Waals surface area (Å²) in [5.41, 5.74) is 3.54. The molecular formula is C22H21ClN2O3. The van der Waals surface area contributed by atoms with Crippen molar-refractivity contribution in [2.75, 3.05) is 6.61 Å². The van der Waals surface area contributed by atoms with Crippen molar-refractivity contribution >= 4 is 23.3 Å². The second-order valence-electron chi connectivity index (χ2n) is 6.82. The molecule has 0 aliphatic carbocycles. The molecule has 0 amide bonds. The van der Waals surface area contributed by atoms with E-state index < -0.39 is 0 Å². The molecule has 5 nitrogen and oxygen atoms in total. The molecule has 28 heavy (non-hydrogen) atoms. The van der Waals surface area contributed by atoms with Gasteiger partial charge >= 0.3 is 5.97 Å². The molecular weight excluding hydrogens is 376 g/mol. The molecule has 0 fully saturated rings. The number of hydrogen-bond acceptors (Lipinski definition) is 5. The van der Waals surface area contributed by atoms with Gasteiger partial charge in [0.2, 0.25) is 6.23 Å². The minimum Gasteiger partial charge on any atom is -0.463 e. The van der Waals surface area contributed by atoms with Crippen LogP contribution in [0.15, 0.2) is 71.5 Å². The Bertz CT molecular complexity index is 909. The third kappa shape index (κ3) is 3.76. The Morgan fingerprint density at radius 1 is 1.21 bits per heavy atom. The van der Waals surface area contributed by atoms with Crippen LogP contribution in [-0.4, -0.2) is 29.4 Å². The topological polar surface area (TPSA) is 51.1 Å². The quantitative estimate of drug-likeness (QED) is 0.704. The predicted octanol–water partition coefficient (Wildman–Crippen LogP) is 4.37. The van der Waals surface area contributed by atoms with Gasteiger partial charge in [0.1, 0.15) is 0 Å². The Balaban J connectivity index is 1.64. The van der Waals surface area contributed by atoms with Gasteiger partial charge in [-0.25, -0.2) is 4.79 Å². The maximum Gasteiger partial charge on any atom is 0.335 e. The molecule has 0 spiro atoms. The van der Waals surface area contributed by atoms with Gasteiger partial charge < -0.3 is 14.5 Å². The van der Waals surface area contributed by atoms with Crippen LogP contribution in [0.1, 0.15) is 24.5 Å². The Hall–Kier alpha value is -2.79. The largest absolute Gasteiger partial charge is 0.463 e. The summed E-state index contributed by atoms with van der Waals surface area (Å²) in [5.74, 6) is -0.351. The van der Waals surface area contributed by atoms with Crippen molar-refractivity contribution in [3.8, 4) is 0 Å². The van der Waals surface area contributed by atoms with Crippen LogP contribution in [0, 0.1) is 5.92 Å². The SMILES string of the molecule is CCOC(=O)C1=CN(Cc2ccccc2)[C@H]2ON=C(c3ccc(Cl)cc3)[C@@H]2C1. The number of nitrogens with zero attached hydrogens (tertiary/aromatic N) is 2. The van der Waals surface area contributed by atoms with Crippen molar-refractivity contribution in [1.29, 1.82) is 0 Å². The molecule has 0 saturated carbocycles. The van der Waals surface area contributed by atoms with E-state index in [0.29, 0.717) is 30.2 Å². The van der Waals surface area contributed by atoms with Gasteiger partial charge in [0.05, 0.1) is 23.8 Å². The Morgan fingerprint density at radius 2 is 1.96 bits per heavy atom. The Morgan fingerprint density at radius 3 is 2.68 bits per heavy atom. The highest BCUT2D eigenvalue weighted by Crippen LogP contribution is 2.36. The summed E-state index contributed by atoms with van der Waals surface area (Å²) < 4.78 is 5.25. The molecule has 6 heteroatoms. The first-order valence-electron chi connectivity index (χ1n) is 9.33. The third-order valence-corrected chi connectivity index (χ3v) is 5.18. The lowest BCUT2D eigenvalue weighted by molar-refractivity contribution is -0.139. The normalized spacial score (nSPS) is 20.7. The summed E-state index contributed by atoms with van der Waals surface area (Å²) in [5, 5.41) is 5.03. The van der Waals surface area contributed by atoms with Crippen molar-refractivity contribution in [1.82, 2.24) is 4.90 Å². The predicted molar refractivity (Wildman–Crippen MR) is 108 cm³/mol. The fraction of sp³-hybridized carbons (Fsp3) is 0.273. The zero-order valence-electron chi connectivity index (χ0n) is 15.5. The van der Waals surface area contributed by atoms with Crippen LogP contribution in [-0.2, 0) is 20.9 Å². The summed E-state index contributed by atoms with van der Waals surface area (Å²) in [6.45, 7) is 2.77. The summed E-state index contributed by atoms with van der Waals surface area (Å²) in [4.78, 5) is 20.3. The van der Waals surface area contributed by atoms with Crippen LogP contribution >= 0.6 is 11.6 Å². The lowest BCUT2D eigenvalue weighted by Crippen LogP contribution is -2.42. The molecule has 0 radical (unpaired) electrons. The van der Waals surface area contributed by atoms with Gasteiger partial charge in [0.15, 0.2) is 0 Å². The third-order valence-electron chi connectivity index (χ3n) is 4.93. The van der Waals surface area contributed by atoms with E-state index in [1.807, 2.05) is 60.5 Å². The summed E-state index contributed by atoms with van der Waals surface area (Å²) >= 11 is 6.02. The van der Waals surface area contributed by atoms with Crippen LogP contribution in [0.25, 0.3) is 0 Å². The molecule has 0 N–H and O–H groups in total. The van der Waals surface area contributed by atoms with Gasteiger partial charge in [-0.2, -0.15) is 0 Å². The molecule has 0 unspecified atom stereocenters. The van der Waals surface area contributed by atoms with Crippen LogP contribution in [0.4, 0.5) is 0 Å². The van der Waals surface area contributed by atoms with E-state index >= 15 is 0 Å². The minimum atomic E-state index is -0.290. The monoisotopic (exact) mass is 396 g/mol. The highest BCUT2D eigenvalue weighted by molar-refractivity contribution is 6.30. The molecule has 2 aromatic carbocycles. The number of ether oxygens (including phenoxy) is 1. The molecule has 2 aliphatic heterocycles. The number of hydrogen-bond donors (Lipinski definition) is 0. The molecule has 144 valence electrons. The standard InChI is InChI=1S/C22H21ClN2O3/c1-2-27-22(26)17-12-19-20(16-8-10-18(23)11-9-16)24-28-21(19)25(14-17)13-15-6-4-3-5-7-15/h3-11,14,19,21H,2,12-13H2,1H3/t19-,21-/m0/s1. The summed E-state index contributed by atoms with van der Waals surface area (Å²) in [7, 11) is 0. The second kappa shape index (κ2) is 8.07. The number of benzene rings is 2. The second-order valence-corrected chi connectivity index (χ2v) is 7.26. The first kappa shape index (κ1) is 18.6. The maximum atomic E-state index is 12.5. The van der Waals surface area contributed by atoms with Crippen LogP contribution in [0.5, 0.6) is 0 Å². The Kier molecular flexibility index (Phi) is 5.35. The van der Waals surface area contributed by atoms with E-state index in [-0.39, 0.29) is 18.1 Å². The number of halogens is 1. The van der Waals surface area contributed by atoms with Crippen molar-refractivity contribution in [2.45, 2.75) is 26.1 Å². The first-order valence-corrected chi connectivity index (χ1v) is 9.70. The van der Waals surface area contributed by atoms with E-state index in [4.69, 9.17) is 21.2 Å². The van der Waals surface area contributed by atoms with Gasteiger partial charge in [-0.05, 0) is 36.6 Å². The van der Waals surface area contributed by atoms with Gasteiger partial charge in [0.25, 0.3) is 0 Å². The van der Waals surface area contributed by atoms with Crippen molar-refractivity contribution in [3.05, 3.63) is 82.5 Å². The lowest BCUT2D eigenvalue weighted by atomic mass is 9.87. The van der Waals surface area contributed by atoms with E-state index in [1.165, 1.54) is 0 Å². The molecule has 0 aromatic heterocycles. The number of esters is 1. The van der Waals surface area contributed by atoms with E-state index in [9.17, 15) is 4.79 Å². The molecule has 0 bridgehead atoms.